The molecule has 1 aromatic heterocycles. The van der Waals surface area contributed by atoms with E-state index in [1.54, 1.807) is 6.07 Å². The summed E-state index contributed by atoms with van der Waals surface area (Å²) in [4.78, 5) is 37.2. The molecule has 0 radical (unpaired) electrons. The molecule has 0 aliphatic carbocycles. The molecule has 0 atom stereocenters. The average Bonchev–Trinajstić information content (AvgIpc) is 2.66. The molecule has 2 aromatic carbocycles. The van der Waals surface area contributed by atoms with E-state index in [-0.39, 0.29) is 6.54 Å². The van der Waals surface area contributed by atoms with Crippen LogP contribution in [0.15, 0.2) is 64.3 Å². The first-order valence-electron chi connectivity index (χ1n) is 9.06. The van der Waals surface area contributed by atoms with Crippen LogP contribution in [0.25, 0.3) is 0 Å². The van der Waals surface area contributed by atoms with E-state index < -0.39 is 17.2 Å². The Morgan fingerprint density at radius 3 is 2.32 bits per heavy atom. The zero-order valence-electron chi connectivity index (χ0n) is 16.2. The third-order valence-electron chi connectivity index (χ3n) is 4.71. The van der Waals surface area contributed by atoms with Gasteiger partial charge in [-0.25, -0.2) is 4.79 Å². The summed E-state index contributed by atoms with van der Waals surface area (Å²) in [6.07, 6.45) is 1.46. The van der Waals surface area contributed by atoms with Crippen LogP contribution in [0.4, 0.5) is 5.69 Å². The van der Waals surface area contributed by atoms with Crippen LogP contribution in [0.2, 0.25) is 0 Å². The molecular formula is C22H23N3O3. The lowest BCUT2D eigenvalue weighted by atomic mass is 10.1. The second kappa shape index (κ2) is 8.08. The van der Waals surface area contributed by atoms with Crippen molar-refractivity contribution in [3.05, 3.63) is 97.8 Å². The lowest BCUT2D eigenvalue weighted by Crippen LogP contribution is -2.41. The summed E-state index contributed by atoms with van der Waals surface area (Å²) in [6.45, 7) is 5.93. The van der Waals surface area contributed by atoms with E-state index in [0.717, 1.165) is 26.8 Å². The predicted molar refractivity (Wildman–Crippen MR) is 110 cm³/mol. The third-order valence-corrected chi connectivity index (χ3v) is 4.71. The predicted octanol–water partition coefficient (Wildman–Crippen LogP) is 2.62. The van der Waals surface area contributed by atoms with Crippen LogP contribution in [0.1, 0.15) is 22.3 Å². The highest BCUT2D eigenvalue weighted by Gasteiger charge is 2.11. The Labute approximate surface area is 163 Å². The first-order valence-corrected chi connectivity index (χ1v) is 9.06. The normalized spacial score (nSPS) is 10.7. The van der Waals surface area contributed by atoms with E-state index in [2.05, 4.69) is 5.32 Å². The van der Waals surface area contributed by atoms with Crippen molar-refractivity contribution in [1.82, 2.24) is 9.13 Å². The van der Waals surface area contributed by atoms with Crippen molar-refractivity contribution in [3.8, 4) is 0 Å². The highest BCUT2D eigenvalue weighted by molar-refractivity contribution is 5.90. The number of anilines is 1. The summed E-state index contributed by atoms with van der Waals surface area (Å²) in [5.74, 6) is -0.421. The van der Waals surface area contributed by atoms with Gasteiger partial charge in [-0.1, -0.05) is 35.9 Å². The summed E-state index contributed by atoms with van der Waals surface area (Å²) in [5.41, 5.74) is 3.87. The molecule has 0 fully saturated rings. The number of aromatic nitrogens is 2. The molecule has 28 heavy (non-hydrogen) atoms. The van der Waals surface area contributed by atoms with E-state index >= 15 is 0 Å². The Morgan fingerprint density at radius 2 is 1.64 bits per heavy atom. The van der Waals surface area contributed by atoms with Gasteiger partial charge in [0.1, 0.15) is 6.54 Å². The number of amides is 1. The Hall–Kier alpha value is -3.41. The van der Waals surface area contributed by atoms with Crippen molar-refractivity contribution in [1.29, 1.82) is 0 Å². The van der Waals surface area contributed by atoms with Gasteiger partial charge in [-0.3, -0.25) is 18.7 Å². The Balaban J connectivity index is 1.80. The molecule has 0 unspecified atom stereocenters. The third kappa shape index (κ3) is 4.46. The summed E-state index contributed by atoms with van der Waals surface area (Å²) in [7, 11) is 0. The zero-order chi connectivity index (χ0) is 20.3. The first kappa shape index (κ1) is 19.4. The fraction of sp³-hybridized carbons (Fsp3) is 0.227. The monoisotopic (exact) mass is 377 g/mol. The van der Waals surface area contributed by atoms with Gasteiger partial charge in [0, 0.05) is 18.0 Å². The number of nitrogens with one attached hydrogen (secondary N) is 1. The van der Waals surface area contributed by atoms with Gasteiger partial charge in [-0.2, -0.15) is 0 Å². The number of hydrogen-bond donors (Lipinski definition) is 1. The van der Waals surface area contributed by atoms with Crippen LogP contribution in [-0.4, -0.2) is 15.0 Å². The minimum atomic E-state index is -0.511. The first-order chi connectivity index (χ1) is 13.3. The summed E-state index contributed by atoms with van der Waals surface area (Å²) >= 11 is 0. The molecule has 6 nitrogen and oxygen atoms in total. The Morgan fingerprint density at radius 1 is 0.929 bits per heavy atom. The number of benzene rings is 2. The molecule has 1 N–H and O–H groups in total. The molecule has 1 heterocycles. The van der Waals surface area contributed by atoms with E-state index in [1.165, 1.54) is 16.8 Å². The molecule has 0 aliphatic heterocycles. The van der Waals surface area contributed by atoms with Crippen LogP contribution in [0, 0.1) is 20.8 Å². The van der Waals surface area contributed by atoms with Crippen molar-refractivity contribution >= 4 is 11.6 Å². The quantitative estimate of drug-likeness (QED) is 0.743. The minimum Gasteiger partial charge on any atom is -0.325 e. The number of carbonyl (C=O) groups excluding carboxylic acids is 1. The van der Waals surface area contributed by atoms with Gasteiger partial charge in [-0.15, -0.1) is 0 Å². The van der Waals surface area contributed by atoms with E-state index in [1.807, 2.05) is 57.2 Å². The van der Waals surface area contributed by atoms with Gasteiger partial charge >= 0.3 is 5.69 Å². The largest absolute Gasteiger partial charge is 0.331 e. The van der Waals surface area contributed by atoms with E-state index in [9.17, 15) is 14.4 Å². The number of aryl methyl sites for hydroxylation is 3. The summed E-state index contributed by atoms with van der Waals surface area (Å²) < 4.78 is 2.37. The second-order valence-electron chi connectivity index (χ2n) is 6.98. The molecule has 0 saturated heterocycles. The molecule has 3 rings (SSSR count). The zero-order valence-corrected chi connectivity index (χ0v) is 16.2. The molecule has 3 aromatic rings. The van der Waals surface area contributed by atoms with Crippen molar-refractivity contribution in [2.45, 2.75) is 33.9 Å². The van der Waals surface area contributed by atoms with Gasteiger partial charge in [-0.05, 0) is 49.6 Å². The second-order valence-corrected chi connectivity index (χ2v) is 6.98. The number of rotatable bonds is 5. The summed E-state index contributed by atoms with van der Waals surface area (Å²) in [5, 5.41) is 2.74. The molecule has 0 bridgehead atoms. The van der Waals surface area contributed by atoms with Crippen LogP contribution in [-0.2, 0) is 17.9 Å². The van der Waals surface area contributed by atoms with E-state index in [4.69, 9.17) is 0 Å². The summed E-state index contributed by atoms with van der Waals surface area (Å²) in [6, 6.07) is 14.7. The lowest BCUT2D eigenvalue weighted by Gasteiger charge is -2.11. The highest BCUT2D eigenvalue weighted by atomic mass is 16.2. The maximum Gasteiger partial charge on any atom is 0.331 e. The smallest absolute Gasteiger partial charge is 0.325 e. The van der Waals surface area contributed by atoms with Crippen molar-refractivity contribution in [3.63, 3.8) is 0 Å². The van der Waals surface area contributed by atoms with Gasteiger partial charge in [0.2, 0.25) is 5.91 Å². The van der Waals surface area contributed by atoms with Crippen LogP contribution >= 0.6 is 0 Å². The maximum absolute atomic E-state index is 12.7. The molecule has 6 heteroatoms. The van der Waals surface area contributed by atoms with Gasteiger partial charge in [0.05, 0.1) is 6.54 Å². The molecule has 144 valence electrons. The van der Waals surface area contributed by atoms with Crippen LogP contribution < -0.4 is 16.6 Å². The van der Waals surface area contributed by atoms with Crippen molar-refractivity contribution < 1.29 is 4.79 Å². The highest BCUT2D eigenvalue weighted by Crippen LogP contribution is 2.14. The van der Waals surface area contributed by atoms with Gasteiger partial charge in [0.25, 0.3) is 5.56 Å². The SMILES string of the molecule is Cc1ccc(Cn2ccc(=O)n(CC(=O)Nc3ccc(C)c(C)c3)c2=O)cc1. The van der Waals surface area contributed by atoms with E-state index in [0.29, 0.717) is 12.2 Å². The van der Waals surface area contributed by atoms with Crippen LogP contribution in [0.5, 0.6) is 0 Å². The maximum atomic E-state index is 12.7. The standard InChI is InChI=1S/C22H23N3O3/c1-15-4-7-18(8-5-15)13-24-11-10-21(27)25(22(24)28)14-20(26)23-19-9-6-16(2)17(3)12-19/h4-12H,13-14H2,1-3H3,(H,23,26). The van der Waals surface area contributed by atoms with Crippen molar-refractivity contribution in [2.24, 2.45) is 0 Å². The van der Waals surface area contributed by atoms with Gasteiger partial charge < -0.3 is 5.32 Å². The fourth-order valence-electron chi connectivity index (χ4n) is 2.88. The molecule has 0 aliphatic rings. The fourth-order valence-corrected chi connectivity index (χ4v) is 2.88. The number of hydrogen-bond acceptors (Lipinski definition) is 3. The minimum absolute atomic E-state index is 0.332. The molecule has 1 amide bonds. The Bertz CT molecular complexity index is 1120. The average molecular weight is 377 g/mol. The van der Waals surface area contributed by atoms with Crippen molar-refractivity contribution in [2.75, 3.05) is 5.32 Å². The number of nitrogens with zero attached hydrogens (tertiary/aromatic N) is 2. The lowest BCUT2D eigenvalue weighted by molar-refractivity contribution is -0.116. The molecule has 0 spiro atoms. The molecular weight excluding hydrogens is 354 g/mol. The Kier molecular flexibility index (Phi) is 5.59. The van der Waals surface area contributed by atoms with Gasteiger partial charge in [0.15, 0.2) is 0 Å². The molecule has 0 saturated carbocycles. The topological polar surface area (TPSA) is 73.1 Å². The number of carbonyl (C=O) groups is 1. The van der Waals surface area contributed by atoms with Crippen LogP contribution in [0.3, 0.4) is 0 Å².